The Morgan fingerprint density at radius 3 is 2.44 bits per heavy atom. The Hall–Kier alpha value is -3.89. The van der Waals surface area contributed by atoms with Gasteiger partial charge in [0.2, 0.25) is 0 Å². The average Bonchev–Trinajstić information content (AvgIpc) is 2.87. The Bertz CT molecular complexity index is 1330. The van der Waals surface area contributed by atoms with Gasteiger partial charge in [-0.25, -0.2) is 9.78 Å². The van der Waals surface area contributed by atoms with E-state index >= 15 is 0 Å². The van der Waals surface area contributed by atoms with E-state index < -0.39 is 0 Å². The molecule has 4 rings (SSSR count). The van der Waals surface area contributed by atoms with Crippen molar-refractivity contribution in [2.24, 2.45) is 0 Å². The third-order valence-electron chi connectivity index (χ3n) is 5.11. The molecule has 0 atom stereocenters. The van der Waals surface area contributed by atoms with Crippen molar-refractivity contribution in [1.82, 2.24) is 4.98 Å². The van der Waals surface area contributed by atoms with Crippen LogP contribution in [0.3, 0.4) is 0 Å². The maximum Gasteiger partial charge on any atom is 0.330 e. The lowest BCUT2D eigenvalue weighted by atomic mass is 10.0. The maximum atomic E-state index is 11.9. The van der Waals surface area contributed by atoms with E-state index in [1.807, 2.05) is 91.0 Å². The SMILES string of the molecule is CCOC(=O)C=CC(=Cc1ccc(Cl)cc1)c1ccc(OCc2ccc3ccccc3n2)cc1. The second-order valence-electron chi connectivity index (χ2n) is 7.54. The predicted octanol–water partition coefficient (Wildman–Crippen LogP) is 7.13. The van der Waals surface area contributed by atoms with E-state index in [4.69, 9.17) is 21.1 Å². The fourth-order valence-corrected chi connectivity index (χ4v) is 3.53. The summed E-state index contributed by atoms with van der Waals surface area (Å²) in [5.74, 6) is 0.353. The highest BCUT2D eigenvalue weighted by atomic mass is 35.5. The molecule has 0 fully saturated rings. The first-order valence-corrected chi connectivity index (χ1v) is 11.4. The van der Waals surface area contributed by atoms with Gasteiger partial charge < -0.3 is 9.47 Å². The van der Waals surface area contributed by atoms with Crippen LogP contribution in [0.2, 0.25) is 5.02 Å². The van der Waals surface area contributed by atoms with Gasteiger partial charge in [0.1, 0.15) is 12.4 Å². The van der Waals surface area contributed by atoms with Crippen LogP contribution in [0.5, 0.6) is 5.75 Å². The van der Waals surface area contributed by atoms with Gasteiger partial charge in [-0.2, -0.15) is 0 Å². The van der Waals surface area contributed by atoms with E-state index in [0.29, 0.717) is 18.2 Å². The molecule has 0 aliphatic carbocycles. The summed E-state index contributed by atoms with van der Waals surface area (Å²) < 4.78 is 11.0. The van der Waals surface area contributed by atoms with Gasteiger partial charge in [0, 0.05) is 16.5 Å². The number of ether oxygens (including phenoxy) is 2. The molecule has 4 nitrogen and oxygen atoms in total. The van der Waals surface area contributed by atoms with Crippen molar-refractivity contribution in [1.29, 1.82) is 0 Å². The van der Waals surface area contributed by atoms with Gasteiger partial charge in [-0.15, -0.1) is 0 Å². The number of hydrogen-bond acceptors (Lipinski definition) is 4. The number of rotatable bonds is 8. The molecule has 0 saturated heterocycles. The molecule has 34 heavy (non-hydrogen) atoms. The number of carbonyl (C=O) groups is 1. The summed E-state index contributed by atoms with van der Waals surface area (Å²) >= 11 is 6.01. The van der Waals surface area contributed by atoms with Crippen LogP contribution in [0.4, 0.5) is 0 Å². The van der Waals surface area contributed by atoms with Crippen molar-refractivity contribution >= 4 is 40.1 Å². The third-order valence-corrected chi connectivity index (χ3v) is 5.36. The smallest absolute Gasteiger partial charge is 0.330 e. The second kappa shape index (κ2) is 11.3. The van der Waals surface area contributed by atoms with Gasteiger partial charge in [-0.05, 0) is 72.2 Å². The van der Waals surface area contributed by atoms with Crippen LogP contribution in [0.25, 0.3) is 22.6 Å². The highest BCUT2D eigenvalue weighted by Crippen LogP contribution is 2.24. The van der Waals surface area contributed by atoms with Crippen LogP contribution in [0.15, 0.2) is 97.1 Å². The predicted molar refractivity (Wildman–Crippen MR) is 138 cm³/mol. The maximum absolute atomic E-state index is 11.9. The molecule has 4 aromatic rings. The van der Waals surface area contributed by atoms with Crippen molar-refractivity contribution in [2.45, 2.75) is 13.5 Å². The van der Waals surface area contributed by atoms with Gasteiger partial charge in [0.25, 0.3) is 0 Å². The van der Waals surface area contributed by atoms with Crippen molar-refractivity contribution in [2.75, 3.05) is 6.61 Å². The molecule has 3 aromatic carbocycles. The molecule has 0 saturated carbocycles. The average molecular weight is 470 g/mol. The monoisotopic (exact) mass is 469 g/mol. The number of nitrogens with zero attached hydrogens (tertiary/aromatic N) is 1. The lowest BCUT2D eigenvalue weighted by Gasteiger charge is -2.09. The molecule has 1 aromatic heterocycles. The molecular formula is C29H24ClNO3. The fourth-order valence-electron chi connectivity index (χ4n) is 3.40. The molecule has 0 unspecified atom stereocenters. The zero-order valence-corrected chi connectivity index (χ0v) is 19.5. The minimum absolute atomic E-state index is 0.331. The van der Waals surface area contributed by atoms with Gasteiger partial charge >= 0.3 is 5.97 Å². The largest absolute Gasteiger partial charge is 0.487 e. The third kappa shape index (κ3) is 6.33. The van der Waals surface area contributed by atoms with E-state index in [1.165, 1.54) is 6.08 Å². The normalized spacial score (nSPS) is 11.6. The summed E-state index contributed by atoms with van der Waals surface area (Å²) in [6, 6.07) is 27.3. The van der Waals surface area contributed by atoms with Crippen LogP contribution in [0, 0.1) is 0 Å². The number of halogens is 1. The molecule has 0 radical (unpaired) electrons. The highest BCUT2D eigenvalue weighted by Gasteiger charge is 2.04. The summed E-state index contributed by atoms with van der Waals surface area (Å²) in [4.78, 5) is 16.5. The number of carbonyl (C=O) groups excluding carboxylic acids is 1. The van der Waals surface area contributed by atoms with Gasteiger partial charge in [0.05, 0.1) is 17.8 Å². The van der Waals surface area contributed by atoms with E-state index in [9.17, 15) is 4.79 Å². The van der Waals surface area contributed by atoms with Crippen LogP contribution >= 0.6 is 11.6 Å². The van der Waals surface area contributed by atoms with Gasteiger partial charge in [-0.3, -0.25) is 0 Å². The number of hydrogen-bond donors (Lipinski definition) is 0. The molecule has 0 aliphatic heterocycles. The number of allylic oxidation sites excluding steroid dienone is 2. The molecule has 5 heteroatoms. The van der Waals surface area contributed by atoms with Crippen molar-refractivity contribution in [3.8, 4) is 5.75 Å². The lowest BCUT2D eigenvalue weighted by Crippen LogP contribution is -1.99. The lowest BCUT2D eigenvalue weighted by molar-refractivity contribution is -0.137. The number of para-hydroxylation sites is 1. The zero-order valence-electron chi connectivity index (χ0n) is 18.8. The Morgan fingerprint density at radius 1 is 0.912 bits per heavy atom. The molecule has 0 bridgehead atoms. The van der Waals surface area contributed by atoms with Crippen LogP contribution in [-0.2, 0) is 16.1 Å². The number of fused-ring (bicyclic) bond motifs is 1. The standard InChI is InChI=1S/C29H24ClNO3/c1-2-33-29(32)18-12-24(19-21-7-13-25(30)14-8-21)22-10-16-27(17-11-22)34-20-26-15-9-23-5-3-4-6-28(23)31-26/h3-19H,2,20H2,1H3. The number of esters is 1. The molecular weight excluding hydrogens is 446 g/mol. The summed E-state index contributed by atoms with van der Waals surface area (Å²) in [6.45, 7) is 2.49. The number of aromatic nitrogens is 1. The van der Waals surface area contributed by atoms with Gasteiger partial charge in [-0.1, -0.05) is 60.1 Å². The topological polar surface area (TPSA) is 48.4 Å². The van der Waals surface area contributed by atoms with Crippen LogP contribution in [0.1, 0.15) is 23.7 Å². The van der Waals surface area contributed by atoms with Gasteiger partial charge in [0.15, 0.2) is 0 Å². The number of benzene rings is 3. The second-order valence-corrected chi connectivity index (χ2v) is 7.98. The first-order valence-electron chi connectivity index (χ1n) is 11.0. The molecule has 0 aliphatic rings. The van der Waals surface area contributed by atoms with E-state index in [0.717, 1.165) is 39.0 Å². The summed E-state index contributed by atoms with van der Waals surface area (Å²) in [7, 11) is 0. The summed E-state index contributed by atoms with van der Waals surface area (Å²) in [6.07, 6.45) is 5.17. The Kier molecular flexibility index (Phi) is 7.74. The van der Waals surface area contributed by atoms with Crippen molar-refractivity contribution in [3.05, 3.63) is 119 Å². The number of pyridine rings is 1. The molecule has 1 heterocycles. The Labute approximate surface area is 204 Å². The minimum Gasteiger partial charge on any atom is -0.487 e. The summed E-state index contributed by atoms with van der Waals surface area (Å²) in [5, 5.41) is 1.77. The quantitative estimate of drug-likeness (QED) is 0.119. The van der Waals surface area contributed by atoms with Crippen molar-refractivity contribution in [3.63, 3.8) is 0 Å². The molecule has 0 N–H and O–H groups in total. The first kappa shape index (κ1) is 23.3. The molecule has 170 valence electrons. The zero-order chi connectivity index (χ0) is 23.8. The van der Waals surface area contributed by atoms with E-state index in [1.54, 1.807) is 13.0 Å². The van der Waals surface area contributed by atoms with E-state index in [2.05, 4.69) is 4.98 Å². The molecule has 0 amide bonds. The first-order chi connectivity index (χ1) is 16.6. The fraction of sp³-hybridized carbons (Fsp3) is 0.103. The van der Waals surface area contributed by atoms with E-state index in [-0.39, 0.29) is 5.97 Å². The van der Waals surface area contributed by atoms with Crippen molar-refractivity contribution < 1.29 is 14.3 Å². The summed E-state index contributed by atoms with van der Waals surface area (Å²) in [5.41, 5.74) is 4.58. The van der Waals surface area contributed by atoms with Crippen LogP contribution in [-0.4, -0.2) is 17.6 Å². The minimum atomic E-state index is -0.382. The Morgan fingerprint density at radius 2 is 1.68 bits per heavy atom. The molecule has 0 spiro atoms. The Balaban J connectivity index is 1.51. The van der Waals surface area contributed by atoms with Crippen LogP contribution < -0.4 is 4.74 Å². The highest BCUT2D eigenvalue weighted by molar-refractivity contribution is 6.30.